The van der Waals surface area contributed by atoms with Crippen molar-refractivity contribution in [2.24, 2.45) is 0 Å². The van der Waals surface area contributed by atoms with E-state index in [0.717, 1.165) is 36.4 Å². The summed E-state index contributed by atoms with van der Waals surface area (Å²) in [4.78, 5) is 0. The molecule has 2 aromatic rings. The van der Waals surface area contributed by atoms with Crippen molar-refractivity contribution in [1.29, 1.82) is 0 Å². The van der Waals surface area contributed by atoms with Crippen molar-refractivity contribution in [2.45, 2.75) is 12.3 Å². The Bertz CT molecular complexity index is 587. The van der Waals surface area contributed by atoms with Gasteiger partial charge in [0.05, 0.1) is 5.56 Å². The quantitative estimate of drug-likeness (QED) is 0.805. The Hall–Kier alpha value is -1.59. The SMILES string of the molecule is OC(c1ccc(C(F)(F)F)cc1)c1cc(F)cc(Cl)c1. The highest BCUT2D eigenvalue weighted by Crippen LogP contribution is 2.31. The van der Waals surface area contributed by atoms with E-state index >= 15 is 0 Å². The van der Waals surface area contributed by atoms with Crippen LogP contribution >= 0.6 is 11.6 Å². The van der Waals surface area contributed by atoms with E-state index in [9.17, 15) is 22.7 Å². The summed E-state index contributed by atoms with van der Waals surface area (Å²) < 4.78 is 50.4. The first-order chi connectivity index (χ1) is 9.27. The number of aliphatic hydroxyl groups excluding tert-OH is 1. The smallest absolute Gasteiger partial charge is 0.384 e. The third-order valence-corrected chi connectivity index (χ3v) is 2.97. The summed E-state index contributed by atoms with van der Waals surface area (Å²) in [6.45, 7) is 0. The van der Waals surface area contributed by atoms with Crippen LogP contribution in [0.3, 0.4) is 0 Å². The third kappa shape index (κ3) is 3.29. The maximum Gasteiger partial charge on any atom is 0.416 e. The second kappa shape index (κ2) is 5.42. The normalized spacial score (nSPS) is 13.3. The van der Waals surface area contributed by atoms with E-state index in [0.29, 0.717) is 0 Å². The molecule has 0 amide bonds. The summed E-state index contributed by atoms with van der Waals surface area (Å²) in [6.07, 6.45) is -5.68. The number of halogens is 5. The van der Waals surface area contributed by atoms with Crippen LogP contribution in [-0.2, 0) is 6.18 Å². The van der Waals surface area contributed by atoms with Gasteiger partial charge in [0.15, 0.2) is 0 Å². The van der Waals surface area contributed by atoms with Gasteiger partial charge in [0, 0.05) is 5.02 Å². The van der Waals surface area contributed by atoms with Crippen LogP contribution in [-0.4, -0.2) is 5.11 Å². The molecule has 0 spiro atoms. The first-order valence-corrected chi connectivity index (χ1v) is 5.96. The average Bonchev–Trinajstić information content (AvgIpc) is 2.36. The standard InChI is InChI=1S/C14H9ClF4O/c15-11-5-9(6-12(16)7-11)13(20)8-1-3-10(4-2-8)14(17,18)19/h1-7,13,20H. The Balaban J connectivity index is 2.31. The van der Waals surface area contributed by atoms with Crippen molar-refractivity contribution in [2.75, 3.05) is 0 Å². The summed E-state index contributed by atoms with van der Waals surface area (Å²) in [5.74, 6) is -0.626. The number of rotatable bonds is 2. The van der Waals surface area contributed by atoms with Crippen LogP contribution in [0.25, 0.3) is 0 Å². The van der Waals surface area contributed by atoms with Gasteiger partial charge in [-0.25, -0.2) is 4.39 Å². The van der Waals surface area contributed by atoms with Gasteiger partial charge < -0.3 is 5.11 Å². The maximum absolute atomic E-state index is 13.2. The van der Waals surface area contributed by atoms with Crippen molar-refractivity contribution in [3.63, 3.8) is 0 Å². The van der Waals surface area contributed by atoms with Gasteiger partial charge in [-0.05, 0) is 41.5 Å². The minimum Gasteiger partial charge on any atom is -0.384 e. The highest BCUT2D eigenvalue weighted by atomic mass is 35.5. The highest BCUT2D eigenvalue weighted by Gasteiger charge is 2.30. The molecule has 6 heteroatoms. The molecule has 2 aromatic carbocycles. The van der Waals surface area contributed by atoms with Gasteiger partial charge >= 0.3 is 6.18 Å². The second-order valence-corrected chi connectivity index (χ2v) is 4.66. The molecule has 106 valence electrons. The molecule has 0 heterocycles. The zero-order valence-electron chi connectivity index (χ0n) is 9.96. The number of benzene rings is 2. The molecule has 1 atom stereocenters. The zero-order valence-corrected chi connectivity index (χ0v) is 10.7. The molecular weight excluding hydrogens is 296 g/mol. The lowest BCUT2D eigenvalue weighted by Gasteiger charge is -2.13. The molecule has 0 fully saturated rings. The van der Waals surface area contributed by atoms with Crippen LogP contribution in [0.5, 0.6) is 0 Å². The molecule has 0 aliphatic carbocycles. The van der Waals surface area contributed by atoms with Crippen molar-refractivity contribution < 1.29 is 22.7 Å². The van der Waals surface area contributed by atoms with Crippen molar-refractivity contribution >= 4 is 11.6 Å². The van der Waals surface area contributed by atoms with E-state index in [1.54, 1.807) is 0 Å². The largest absolute Gasteiger partial charge is 0.416 e. The van der Waals surface area contributed by atoms with E-state index in [2.05, 4.69) is 0 Å². The van der Waals surface area contributed by atoms with Crippen LogP contribution in [0.1, 0.15) is 22.8 Å². The summed E-state index contributed by atoms with van der Waals surface area (Å²) in [5.41, 5.74) is -0.417. The Morgan fingerprint density at radius 3 is 2.05 bits per heavy atom. The average molecular weight is 305 g/mol. The molecule has 0 aliphatic heterocycles. The van der Waals surface area contributed by atoms with Gasteiger partial charge in [0.1, 0.15) is 11.9 Å². The topological polar surface area (TPSA) is 20.2 Å². The van der Waals surface area contributed by atoms with E-state index in [-0.39, 0.29) is 16.1 Å². The molecule has 0 radical (unpaired) electrons. The van der Waals surface area contributed by atoms with Crippen molar-refractivity contribution in [3.05, 3.63) is 70.0 Å². The molecule has 2 rings (SSSR count). The number of aliphatic hydroxyl groups is 1. The second-order valence-electron chi connectivity index (χ2n) is 4.23. The molecule has 1 N–H and O–H groups in total. The number of hydrogen-bond donors (Lipinski definition) is 1. The monoisotopic (exact) mass is 304 g/mol. The first-order valence-electron chi connectivity index (χ1n) is 5.58. The van der Waals surface area contributed by atoms with Gasteiger partial charge in [0.25, 0.3) is 0 Å². The molecule has 0 saturated carbocycles. The Kier molecular flexibility index (Phi) is 4.01. The fourth-order valence-electron chi connectivity index (χ4n) is 1.78. The van der Waals surface area contributed by atoms with Crippen molar-refractivity contribution in [1.82, 2.24) is 0 Å². The fraction of sp³-hybridized carbons (Fsp3) is 0.143. The van der Waals surface area contributed by atoms with Crippen molar-refractivity contribution in [3.8, 4) is 0 Å². The van der Waals surface area contributed by atoms with E-state index < -0.39 is 23.7 Å². The van der Waals surface area contributed by atoms with Gasteiger partial charge in [0.2, 0.25) is 0 Å². The van der Waals surface area contributed by atoms with Gasteiger partial charge in [-0.2, -0.15) is 13.2 Å². The van der Waals surface area contributed by atoms with E-state index in [1.807, 2.05) is 0 Å². The Morgan fingerprint density at radius 2 is 1.55 bits per heavy atom. The summed E-state index contributed by atoms with van der Waals surface area (Å²) in [6, 6.07) is 7.52. The van der Waals surface area contributed by atoms with Crippen LogP contribution in [0.15, 0.2) is 42.5 Å². The highest BCUT2D eigenvalue weighted by molar-refractivity contribution is 6.30. The molecule has 1 unspecified atom stereocenters. The predicted molar refractivity (Wildman–Crippen MR) is 66.9 cm³/mol. The number of alkyl halides is 3. The van der Waals surface area contributed by atoms with Crippen LogP contribution in [0.2, 0.25) is 5.02 Å². The van der Waals surface area contributed by atoms with E-state index in [1.165, 1.54) is 6.07 Å². The lowest BCUT2D eigenvalue weighted by atomic mass is 10.0. The minimum atomic E-state index is -4.44. The summed E-state index contributed by atoms with van der Waals surface area (Å²) in [5, 5.41) is 10.1. The molecular formula is C14H9ClF4O. The maximum atomic E-state index is 13.2. The first kappa shape index (κ1) is 14.8. The summed E-state index contributed by atoms with van der Waals surface area (Å²) in [7, 11) is 0. The Labute approximate surface area is 117 Å². The van der Waals surface area contributed by atoms with Gasteiger partial charge in [-0.3, -0.25) is 0 Å². The molecule has 1 nitrogen and oxygen atoms in total. The molecule has 0 bridgehead atoms. The molecule has 0 aromatic heterocycles. The number of hydrogen-bond acceptors (Lipinski definition) is 1. The van der Waals surface area contributed by atoms with E-state index in [4.69, 9.17) is 11.6 Å². The minimum absolute atomic E-state index is 0.103. The fourth-order valence-corrected chi connectivity index (χ4v) is 2.01. The van der Waals surface area contributed by atoms with Crippen LogP contribution in [0, 0.1) is 5.82 Å². The molecule has 0 saturated heterocycles. The predicted octanol–water partition coefficient (Wildman–Crippen LogP) is 4.58. The van der Waals surface area contributed by atoms with Crippen LogP contribution in [0.4, 0.5) is 17.6 Å². The van der Waals surface area contributed by atoms with Crippen LogP contribution < -0.4 is 0 Å². The van der Waals surface area contributed by atoms with Gasteiger partial charge in [-0.15, -0.1) is 0 Å². The Morgan fingerprint density at radius 1 is 0.950 bits per heavy atom. The molecule has 0 aliphatic rings. The lowest BCUT2D eigenvalue weighted by molar-refractivity contribution is -0.137. The molecule has 20 heavy (non-hydrogen) atoms. The van der Waals surface area contributed by atoms with Gasteiger partial charge in [-0.1, -0.05) is 23.7 Å². The third-order valence-electron chi connectivity index (χ3n) is 2.75. The summed E-state index contributed by atoms with van der Waals surface area (Å²) >= 11 is 5.67. The zero-order chi connectivity index (χ0) is 14.9. The lowest BCUT2D eigenvalue weighted by Crippen LogP contribution is -2.06.